The van der Waals surface area contributed by atoms with Gasteiger partial charge in [0.25, 0.3) is 0 Å². The van der Waals surface area contributed by atoms with Crippen molar-refractivity contribution in [3.8, 4) is 5.75 Å². The van der Waals surface area contributed by atoms with Crippen molar-refractivity contribution in [1.29, 1.82) is 0 Å². The quantitative estimate of drug-likeness (QED) is 0.726. The van der Waals surface area contributed by atoms with Gasteiger partial charge in [-0.15, -0.1) is 0 Å². The van der Waals surface area contributed by atoms with E-state index in [1.165, 1.54) is 12.8 Å². The third-order valence-corrected chi connectivity index (χ3v) is 4.98. The topological polar surface area (TPSA) is 77.3 Å². The molecule has 1 saturated carbocycles. The molecule has 7 heteroatoms. The molecule has 2 aromatic heterocycles. The van der Waals surface area contributed by atoms with Gasteiger partial charge in [0.05, 0.1) is 19.5 Å². The Balaban J connectivity index is 1.80. The van der Waals surface area contributed by atoms with Gasteiger partial charge in [0.1, 0.15) is 17.6 Å². The number of benzene rings is 1. The summed E-state index contributed by atoms with van der Waals surface area (Å²) in [5, 5.41) is 0. The van der Waals surface area contributed by atoms with Gasteiger partial charge in [-0.2, -0.15) is 0 Å². The third-order valence-electron chi connectivity index (χ3n) is 4.98. The smallest absolute Gasteiger partial charge is 0.176 e. The average Bonchev–Trinajstić information content (AvgIpc) is 3.39. The Labute approximate surface area is 158 Å². The number of aromatic amines is 1. The molecule has 0 saturated heterocycles. The number of hydrogen-bond donors (Lipinski definition) is 1. The standard InChI is InChI=1S/C20H25N5O2/c1-3-21-18-17-19(23-12-22-17)25(13-24-18)20(27-16-6-4-5-7-16)14-8-10-15(26-2)11-9-14/h8-13,16,20H,3-7H2,1-2H3,(H,22,23). The minimum atomic E-state index is -0.298. The first-order valence-electron chi connectivity index (χ1n) is 9.50. The van der Waals surface area contributed by atoms with Crippen LogP contribution in [0.1, 0.15) is 44.4 Å². The Morgan fingerprint density at radius 3 is 2.70 bits per heavy atom. The number of rotatable bonds is 6. The van der Waals surface area contributed by atoms with Crippen LogP contribution >= 0.6 is 0 Å². The Morgan fingerprint density at radius 2 is 2.00 bits per heavy atom. The van der Waals surface area contributed by atoms with Gasteiger partial charge in [0.2, 0.25) is 0 Å². The van der Waals surface area contributed by atoms with Gasteiger partial charge >= 0.3 is 0 Å². The first kappa shape index (κ1) is 17.7. The number of nitrogens with one attached hydrogen (secondary N) is 1. The molecule has 7 nitrogen and oxygen atoms in total. The zero-order chi connectivity index (χ0) is 18.6. The maximum absolute atomic E-state index is 6.53. The number of H-pyrrole nitrogens is 1. The van der Waals surface area contributed by atoms with E-state index in [4.69, 9.17) is 9.47 Å². The van der Waals surface area contributed by atoms with E-state index in [0.29, 0.717) is 12.0 Å². The van der Waals surface area contributed by atoms with Crippen molar-refractivity contribution in [3.63, 3.8) is 0 Å². The maximum Gasteiger partial charge on any atom is 0.176 e. The van der Waals surface area contributed by atoms with Crippen LogP contribution in [0.15, 0.2) is 41.9 Å². The monoisotopic (exact) mass is 367 g/mol. The van der Waals surface area contributed by atoms with E-state index in [-0.39, 0.29) is 12.3 Å². The Morgan fingerprint density at radius 1 is 1.22 bits per heavy atom. The average molecular weight is 367 g/mol. The molecule has 0 radical (unpaired) electrons. The van der Waals surface area contributed by atoms with Crippen LogP contribution in [0, 0.1) is 0 Å². The van der Waals surface area contributed by atoms with Crippen LogP contribution in [0.25, 0.3) is 11.2 Å². The highest BCUT2D eigenvalue weighted by Crippen LogP contribution is 2.30. The first-order chi connectivity index (χ1) is 13.3. The molecule has 1 atom stereocenters. The van der Waals surface area contributed by atoms with Gasteiger partial charge in [-0.1, -0.05) is 25.0 Å². The van der Waals surface area contributed by atoms with Crippen molar-refractivity contribution in [1.82, 2.24) is 19.5 Å². The lowest BCUT2D eigenvalue weighted by atomic mass is 10.1. The largest absolute Gasteiger partial charge is 0.497 e. The van der Waals surface area contributed by atoms with Gasteiger partial charge in [0, 0.05) is 12.1 Å². The molecule has 1 unspecified atom stereocenters. The van der Waals surface area contributed by atoms with E-state index in [2.05, 4.69) is 19.9 Å². The zero-order valence-electron chi connectivity index (χ0n) is 15.8. The molecule has 2 heterocycles. The summed E-state index contributed by atoms with van der Waals surface area (Å²) in [6, 6.07) is 7.98. The molecule has 0 aliphatic heterocycles. The second kappa shape index (κ2) is 7.92. The Bertz CT molecular complexity index is 954. The molecule has 142 valence electrons. The normalized spacial score (nSPS) is 16.9. The van der Waals surface area contributed by atoms with Crippen LogP contribution in [-0.4, -0.2) is 39.3 Å². The second-order valence-electron chi connectivity index (χ2n) is 6.72. The fourth-order valence-electron chi connectivity index (χ4n) is 3.60. The molecule has 1 fully saturated rings. The fourth-order valence-corrected chi connectivity index (χ4v) is 3.60. The molecule has 27 heavy (non-hydrogen) atoms. The summed E-state index contributed by atoms with van der Waals surface area (Å²) in [6.07, 6.45) is 8.02. The highest BCUT2D eigenvalue weighted by atomic mass is 16.5. The number of imidazole rings is 1. The van der Waals surface area contributed by atoms with Gasteiger partial charge < -0.3 is 14.5 Å². The van der Waals surface area contributed by atoms with Crippen molar-refractivity contribution in [2.45, 2.75) is 44.9 Å². The van der Waals surface area contributed by atoms with Crippen molar-refractivity contribution >= 4 is 11.2 Å². The zero-order valence-corrected chi connectivity index (χ0v) is 15.8. The number of fused-ring (bicyclic) bond motifs is 1. The SMILES string of the molecule is CCN=c1ncn(C(OC2CCCC2)c2ccc(OC)cc2)c2nc[nH]c12. The van der Waals surface area contributed by atoms with E-state index in [0.717, 1.165) is 35.3 Å². The van der Waals surface area contributed by atoms with E-state index < -0.39 is 0 Å². The first-order valence-corrected chi connectivity index (χ1v) is 9.50. The number of ether oxygens (including phenoxy) is 2. The van der Waals surface area contributed by atoms with E-state index >= 15 is 0 Å². The predicted molar refractivity (Wildman–Crippen MR) is 102 cm³/mol. The Kier molecular flexibility index (Phi) is 5.20. The molecule has 4 rings (SSSR count). The summed E-state index contributed by atoms with van der Waals surface area (Å²) in [4.78, 5) is 16.7. The van der Waals surface area contributed by atoms with Crippen LogP contribution in [0.2, 0.25) is 0 Å². The summed E-state index contributed by atoms with van der Waals surface area (Å²) < 4.78 is 13.8. The van der Waals surface area contributed by atoms with E-state index in [1.54, 1.807) is 19.8 Å². The summed E-state index contributed by atoms with van der Waals surface area (Å²) >= 11 is 0. The predicted octanol–water partition coefficient (Wildman–Crippen LogP) is 3.19. The fraction of sp³-hybridized carbons (Fsp3) is 0.450. The summed E-state index contributed by atoms with van der Waals surface area (Å²) in [5.41, 5.74) is 3.33. The maximum atomic E-state index is 6.53. The van der Waals surface area contributed by atoms with Crippen molar-refractivity contribution < 1.29 is 9.47 Å². The molecule has 1 N–H and O–H groups in total. The molecule has 1 aliphatic rings. The van der Waals surface area contributed by atoms with Crippen molar-refractivity contribution in [3.05, 3.63) is 48.0 Å². The molecular formula is C20H25N5O2. The Hall–Kier alpha value is -2.67. The van der Waals surface area contributed by atoms with Gasteiger partial charge in [0.15, 0.2) is 17.4 Å². The summed E-state index contributed by atoms with van der Waals surface area (Å²) in [5.74, 6) is 0.823. The minimum absolute atomic E-state index is 0.249. The number of nitrogens with zero attached hydrogens (tertiary/aromatic N) is 4. The van der Waals surface area contributed by atoms with E-state index in [9.17, 15) is 0 Å². The molecular weight excluding hydrogens is 342 g/mol. The van der Waals surface area contributed by atoms with Crippen LogP contribution in [0.5, 0.6) is 5.75 Å². The molecule has 0 spiro atoms. The lowest BCUT2D eigenvalue weighted by Crippen LogP contribution is -2.24. The van der Waals surface area contributed by atoms with Crippen molar-refractivity contribution in [2.75, 3.05) is 13.7 Å². The molecule has 1 aliphatic carbocycles. The number of hydrogen-bond acceptors (Lipinski definition) is 5. The lowest BCUT2D eigenvalue weighted by molar-refractivity contribution is -0.0245. The van der Waals surface area contributed by atoms with Gasteiger partial charge in [-0.25, -0.2) is 9.97 Å². The second-order valence-corrected chi connectivity index (χ2v) is 6.72. The summed E-state index contributed by atoms with van der Waals surface area (Å²) in [6.45, 7) is 2.67. The highest BCUT2D eigenvalue weighted by Gasteiger charge is 2.24. The van der Waals surface area contributed by atoms with Crippen molar-refractivity contribution in [2.24, 2.45) is 4.99 Å². The molecule has 1 aromatic carbocycles. The van der Waals surface area contributed by atoms with E-state index in [1.807, 2.05) is 35.8 Å². The van der Waals surface area contributed by atoms with Crippen LogP contribution < -0.4 is 10.2 Å². The molecule has 0 amide bonds. The van der Waals surface area contributed by atoms with Crippen LogP contribution in [0.4, 0.5) is 0 Å². The number of aromatic nitrogens is 4. The summed E-state index contributed by atoms with van der Waals surface area (Å²) in [7, 11) is 1.67. The number of methoxy groups -OCH3 is 1. The third kappa shape index (κ3) is 3.60. The lowest BCUT2D eigenvalue weighted by Gasteiger charge is -2.25. The van der Waals surface area contributed by atoms with Crippen LogP contribution in [0.3, 0.4) is 0 Å². The molecule has 0 bridgehead atoms. The molecule has 3 aromatic rings. The van der Waals surface area contributed by atoms with Crippen LogP contribution in [-0.2, 0) is 4.74 Å². The minimum Gasteiger partial charge on any atom is -0.497 e. The van der Waals surface area contributed by atoms with Gasteiger partial charge in [-0.3, -0.25) is 9.56 Å². The van der Waals surface area contributed by atoms with Gasteiger partial charge in [-0.05, 0) is 31.9 Å². The highest BCUT2D eigenvalue weighted by molar-refractivity contribution is 5.68.